The third-order valence-corrected chi connectivity index (χ3v) is 3.01. The quantitative estimate of drug-likeness (QED) is 0.649. The Labute approximate surface area is 73.5 Å². The Morgan fingerprint density at radius 2 is 2.17 bits per heavy atom. The third kappa shape index (κ3) is 1.78. The number of rotatable bonds is 4. The second-order valence-corrected chi connectivity index (χ2v) is 4.05. The highest BCUT2D eigenvalue weighted by molar-refractivity contribution is 5.75. The number of amides is 1. The van der Waals surface area contributed by atoms with Crippen LogP contribution in [0.2, 0.25) is 0 Å². The van der Waals surface area contributed by atoms with Crippen LogP contribution in [0.5, 0.6) is 0 Å². The van der Waals surface area contributed by atoms with Crippen LogP contribution in [0.3, 0.4) is 0 Å². The molecule has 0 saturated heterocycles. The van der Waals surface area contributed by atoms with Crippen molar-refractivity contribution in [2.45, 2.75) is 38.6 Å². The van der Waals surface area contributed by atoms with Crippen molar-refractivity contribution in [2.24, 2.45) is 23.3 Å². The van der Waals surface area contributed by atoms with E-state index in [2.05, 4.69) is 6.92 Å². The highest BCUT2D eigenvalue weighted by atomic mass is 16.1. The minimum absolute atomic E-state index is 0.279. The van der Waals surface area contributed by atoms with E-state index in [-0.39, 0.29) is 11.4 Å². The Hall–Kier alpha value is -0.570. The monoisotopic (exact) mass is 170 g/mol. The summed E-state index contributed by atoms with van der Waals surface area (Å²) in [5.41, 5.74) is 10.9. The van der Waals surface area contributed by atoms with Crippen molar-refractivity contribution in [3.8, 4) is 0 Å². The fraction of sp³-hybridized carbons (Fsp3) is 0.889. The first-order valence-corrected chi connectivity index (χ1v) is 4.57. The number of primary amides is 1. The maximum Gasteiger partial charge on any atom is 0.219 e. The zero-order valence-electron chi connectivity index (χ0n) is 7.84. The van der Waals surface area contributed by atoms with Gasteiger partial charge in [-0.2, -0.15) is 0 Å². The second-order valence-electron chi connectivity index (χ2n) is 4.05. The molecular formula is C9H18N2O. The van der Waals surface area contributed by atoms with Crippen molar-refractivity contribution in [1.29, 1.82) is 0 Å². The average Bonchev–Trinajstić information content (AvgIpc) is 2.66. The molecule has 0 aromatic heterocycles. The van der Waals surface area contributed by atoms with E-state index >= 15 is 0 Å². The van der Waals surface area contributed by atoms with Crippen LogP contribution in [0.15, 0.2) is 0 Å². The Morgan fingerprint density at radius 1 is 1.67 bits per heavy atom. The van der Waals surface area contributed by atoms with Crippen LogP contribution in [0.25, 0.3) is 0 Å². The molecule has 3 heteroatoms. The number of carbonyl (C=O) groups is 1. The van der Waals surface area contributed by atoms with Crippen LogP contribution >= 0.6 is 0 Å². The fourth-order valence-electron chi connectivity index (χ4n) is 1.97. The van der Waals surface area contributed by atoms with Gasteiger partial charge in [0.2, 0.25) is 5.91 Å². The molecule has 70 valence electrons. The zero-order valence-corrected chi connectivity index (χ0v) is 7.84. The van der Waals surface area contributed by atoms with Gasteiger partial charge in [-0.1, -0.05) is 13.8 Å². The maximum absolute atomic E-state index is 10.8. The maximum atomic E-state index is 10.8. The van der Waals surface area contributed by atoms with Gasteiger partial charge < -0.3 is 11.5 Å². The molecule has 1 rings (SSSR count). The molecule has 0 aliphatic heterocycles. The van der Waals surface area contributed by atoms with Gasteiger partial charge in [-0.15, -0.1) is 0 Å². The molecule has 4 N–H and O–H groups in total. The smallest absolute Gasteiger partial charge is 0.219 e. The minimum atomic E-state index is -0.328. The number of nitrogens with two attached hydrogens (primary N) is 2. The van der Waals surface area contributed by atoms with Gasteiger partial charge in [-0.3, -0.25) is 4.79 Å². The Balaban J connectivity index is 2.56. The largest absolute Gasteiger partial charge is 0.370 e. The normalized spacial score (nSPS) is 32.6. The van der Waals surface area contributed by atoms with Gasteiger partial charge in [0, 0.05) is 12.0 Å². The molecule has 1 aliphatic carbocycles. The van der Waals surface area contributed by atoms with Crippen molar-refractivity contribution in [3.63, 3.8) is 0 Å². The first kappa shape index (κ1) is 9.52. The van der Waals surface area contributed by atoms with Gasteiger partial charge >= 0.3 is 0 Å². The first-order valence-electron chi connectivity index (χ1n) is 4.57. The first-order chi connectivity index (χ1) is 5.49. The molecule has 1 aliphatic rings. The molecule has 0 radical (unpaired) electrons. The van der Waals surface area contributed by atoms with Crippen LogP contribution in [0.4, 0.5) is 0 Å². The number of hydrogen-bond acceptors (Lipinski definition) is 2. The molecule has 0 bridgehead atoms. The standard InChI is InChI=1S/C9H18N2O/c1-3-9(11,5-8(10)12)7-4-6(7)2/h6-7H,3-5,11H2,1-2H3,(H2,10,12). The highest BCUT2D eigenvalue weighted by Crippen LogP contribution is 2.47. The summed E-state index contributed by atoms with van der Waals surface area (Å²) < 4.78 is 0. The van der Waals surface area contributed by atoms with E-state index in [1.54, 1.807) is 0 Å². The highest BCUT2D eigenvalue weighted by Gasteiger charge is 2.47. The molecule has 3 nitrogen and oxygen atoms in total. The molecule has 3 atom stereocenters. The van der Waals surface area contributed by atoms with Gasteiger partial charge in [0.05, 0.1) is 0 Å². The van der Waals surface area contributed by atoms with Crippen molar-refractivity contribution in [2.75, 3.05) is 0 Å². The molecule has 12 heavy (non-hydrogen) atoms. The second kappa shape index (κ2) is 3.05. The summed E-state index contributed by atoms with van der Waals surface area (Å²) in [6.07, 6.45) is 2.32. The molecule has 0 spiro atoms. The summed E-state index contributed by atoms with van der Waals surface area (Å²) in [4.78, 5) is 10.8. The van der Waals surface area contributed by atoms with Crippen molar-refractivity contribution < 1.29 is 4.79 Å². The Morgan fingerprint density at radius 3 is 2.42 bits per heavy atom. The van der Waals surface area contributed by atoms with Gasteiger partial charge in [-0.25, -0.2) is 0 Å². The summed E-state index contributed by atoms with van der Waals surface area (Å²) in [7, 11) is 0. The van der Waals surface area contributed by atoms with Crippen molar-refractivity contribution in [1.82, 2.24) is 0 Å². The molecule has 1 fully saturated rings. The molecular weight excluding hydrogens is 152 g/mol. The third-order valence-electron chi connectivity index (χ3n) is 3.01. The summed E-state index contributed by atoms with van der Waals surface area (Å²) in [6.45, 7) is 4.19. The molecule has 0 heterocycles. The van der Waals surface area contributed by atoms with E-state index in [4.69, 9.17) is 11.5 Å². The Bertz CT molecular complexity index is 193. The summed E-state index contributed by atoms with van der Waals surface area (Å²) in [5.74, 6) is 0.905. The number of carbonyl (C=O) groups excluding carboxylic acids is 1. The van der Waals surface area contributed by atoms with Crippen LogP contribution < -0.4 is 11.5 Å². The van der Waals surface area contributed by atoms with E-state index in [1.807, 2.05) is 6.92 Å². The average molecular weight is 170 g/mol. The molecule has 3 unspecified atom stereocenters. The lowest BCUT2D eigenvalue weighted by Crippen LogP contribution is -2.45. The summed E-state index contributed by atoms with van der Waals surface area (Å²) in [5, 5.41) is 0. The fourth-order valence-corrected chi connectivity index (χ4v) is 1.97. The SMILES string of the molecule is CCC(N)(CC(N)=O)C1CC1C. The van der Waals surface area contributed by atoms with E-state index < -0.39 is 0 Å². The van der Waals surface area contributed by atoms with Crippen LogP contribution in [0, 0.1) is 11.8 Å². The lowest BCUT2D eigenvalue weighted by molar-refractivity contribution is -0.119. The molecule has 1 saturated carbocycles. The van der Waals surface area contributed by atoms with Crippen molar-refractivity contribution >= 4 is 5.91 Å². The Kier molecular flexibility index (Phi) is 2.42. The predicted octanol–water partition coefficient (Wildman–Crippen LogP) is 0.625. The zero-order chi connectivity index (χ0) is 9.35. The van der Waals surface area contributed by atoms with Crippen LogP contribution in [-0.2, 0) is 4.79 Å². The number of hydrogen-bond donors (Lipinski definition) is 2. The summed E-state index contributed by atoms with van der Waals surface area (Å²) >= 11 is 0. The molecule has 0 aromatic carbocycles. The van der Waals surface area contributed by atoms with E-state index in [0.717, 1.165) is 12.8 Å². The van der Waals surface area contributed by atoms with Gasteiger partial charge in [0.1, 0.15) is 0 Å². The lowest BCUT2D eigenvalue weighted by atomic mass is 9.86. The van der Waals surface area contributed by atoms with E-state index in [1.165, 1.54) is 0 Å². The molecule has 1 amide bonds. The van der Waals surface area contributed by atoms with E-state index in [9.17, 15) is 4.79 Å². The van der Waals surface area contributed by atoms with Gasteiger partial charge in [0.15, 0.2) is 0 Å². The van der Waals surface area contributed by atoms with Crippen LogP contribution in [-0.4, -0.2) is 11.4 Å². The van der Waals surface area contributed by atoms with Crippen molar-refractivity contribution in [3.05, 3.63) is 0 Å². The lowest BCUT2D eigenvalue weighted by Gasteiger charge is -2.27. The molecule has 0 aromatic rings. The van der Waals surface area contributed by atoms with Gasteiger partial charge in [-0.05, 0) is 24.7 Å². The van der Waals surface area contributed by atoms with Gasteiger partial charge in [0.25, 0.3) is 0 Å². The predicted molar refractivity (Wildman–Crippen MR) is 48.3 cm³/mol. The summed E-state index contributed by atoms with van der Waals surface area (Å²) in [6, 6.07) is 0. The van der Waals surface area contributed by atoms with E-state index in [0.29, 0.717) is 18.3 Å². The minimum Gasteiger partial charge on any atom is -0.370 e. The van der Waals surface area contributed by atoms with Crippen LogP contribution in [0.1, 0.15) is 33.1 Å². The topological polar surface area (TPSA) is 69.1 Å².